The first-order chi connectivity index (χ1) is 12.2. The van der Waals surface area contributed by atoms with Gasteiger partial charge in [0.05, 0.1) is 5.57 Å². The van der Waals surface area contributed by atoms with Gasteiger partial charge >= 0.3 is 12.3 Å². The lowest BCUT2D eigenvalue weighted by molar-refractivity contribution is -0.211. The molecule has 1 atom stereocenters. The van der Waals surface area contributed by atoms with Crippen molar-refractivity contribution in [3.05, 3.63) is 39.6 Å². The molecule has 1 aliphatic carbocycles. The summed E-state index contributed by atoms with van der Waals surface area (Å²) in [5, 5.41) is 0. The third-order valence-electron chi connectivity index (χ3n) is 5.31. The molecule has 0 saturated carbocycles. The zero-order valence-electron chi connectivity index (χ0n) is 16.6. The lowest BCUT2D eigenvalue weighted by Crippen LogP contribution is -2.38. The molecule has 2 rings (SSSR count). The van der Waals surface area contributed by atoms with Gasteiger partial charge in [0.2, 0.25) is 0 Å². The van der Waals surface area contributed by atoms with Gasteiger partial charge in [-0.05, 0) is 62.4 Å². The number of halogens is 3. The van der Waals surface area contributed by atoms with E-state index >= 15 is 0 Å². The van der Waals surface area contributed by atoms with E-state index in [9.17, 15) is 22.8 Å². The molecule has 27 heavy (non-hydrogen) atoms. The SMILES string of the molecule is Cc1cc(C)c(C2=C(OC(=O)N(C)C)C(C)(C(F)(F)F)CC2=O)c(C)c1C. The molecule has 1 unspecified atom stereocenters. The standard InChI is InChI=1S/C20H24F3NO3/c1-10-8-11(2)15(13(4)12(10)3)16-14(25)9-19(5,20(21,22)23)17(16)27-18(26)24(6)7/h8H,9H2,1-7H3. The molecule has 7 heteroatoms. The predicted octanol–water partition coefficient (Wildman–Crippen LogP) is 4.87. The van der Waals surface area contributed by atoms with Crippen LogP contribution in [0, 0.1) is 33.1 Å². The molecule has 4 nitrogen and oxygen atoms in total. The Bertz CT molecular complexity index is 853. The number of benzene rings is 1. The molecule has 0 aromatic heterocycles. The average Bonchev–Trinajstić information content (AvgIpc) is 2.77. The smallest absolute Gasteiger partial charge is 0.413 e. The highest BCUT2D eigenvalue weighted by molar-refractivity contribution is 6.25. The van der Waals surface area contributed by atoms with Crippen molar-refractivity contribution in [3.8, 4) is 0 Å². The molecule has 0 fully saturated rings. The Morgan fingerprint density at radius 1 is 1.11 bits per heavy atom. The van der Waals surface area contributed by atoms with Crippen LogP contribution in [0.4, 0.5) is 18.0 Å². The maximum atomic E-state index is 13.9. The second kappa shape index (κ2) is 6.69. The second-order valence-corrected chi connectivity index (χ2v) is 7.53. The number of carbonyl (C=O) groups is 2. The van der Waals surface area contributed by atoms with Crippen molar-refractivity contribution in [2.24, 2.45) is 5.41 Å². The first-order valence-corrected chi connectivity index (χ1v) is 8.54. The molecule has 1 aromatic rings. The minimum atomic E-state index is -4.74. The van der Waals surface area contributed by atoms with Crippen LogP contribution < -0.4 is 0 Å². The topological polar surface area (TPSA) is 46.6 Å². The fraction of sp³-hybridized carbons (Fsp3) is 0.500. The summed E-state index contributed by atoms with van der Waals surface area (Å²) in [6.07, 6.45) is -6.48. The molecular weight excluding hydrogens is 359 g/mol. The Kier molecular flexibility index (Phi) is 5.20. The highest BCUT2D eigenvalue weighted by atomic mass is 19.4. The largest absolute Gasteiger partial charge is 0.414 e. The van der Waals surface area contributed by atoms with E-state index in [0.29, 0.717) is 16.7 Å². The Hall–Kier alpha value is -2.31. The van der Waals surface area contributed by atoms with Gasteiger partial charge in [-0.2, -0.15) is 13.2 Å². The average molecular weight is 383 g/mol. The number of alkyl halides is 3. The minimum absolute atomic E-state index is 0.150. The Balaban J connectivity index is 2.86. The summed E-state index contributed by atoms with van der Waals surface area (Å²) in [6.45, 7) is 8.16. The van der Waals surface area contributed by atoms with Crippen LogP contribution >= 0.6 is 0 Å². The summed E-state index contributed by atoms with van der Waals surface area (Å²) >= 11 is 0. The zero-order valence-corrected chi connectivity index (χ0v) is 16.6. The number of aryl methyl sites for hydroxylation is 2. The number of ether oxygens (including phenoxy) is 1. The predicted molar refractivity (Wildman–Crippen MR) is 96.3 cm³/mol. The van der Waals surface area contributed by atoms with Gasteiger partial charge in [-0.3, -0.25) is 4.79 Å². The first-order valence-electron chi connectivity index (χ1n) is 8.54. The van der Waals surface area contributed by atoms with Gasteiger partial charge in [-0.25, -0.2) is 4.79 Å². The van der Waals surface area contributed by atoms with Crippen LogP contribution in [0.15, 0.2) is 11.8 Å². The number of Topliss-reactive ketones (excluding diaryl/α,β-unsaturated/α-hetero) is 1. The molecule has 0 spiro atoms. The van der Waals surface area contributed by atoms with Gasteiger partial charge in [-0.1, -0.05) is 6.07 Å². The van der Waals surface area contributed by atoms with E-state index in [1.807, 2.05) is 19.9 Å². The summed E-state index contributed by atoms with van der Waals surface area (Å²) in [7, 11) is 2.74. The molecule has 0 heterocycles. The van der Waals surface area contributed by atoms with Crippen molar-refractivity contribution in [2.45, 2.75) is 47.2 Å². The quantitative estimate of drug-likeness (QED) is 0.732. The van der Waals surface area contributed by atoms with Crippen molar-refractivity contribution in [3.63, 3.8) is 0 Å². The minimum Gasteiger partial charge on any atom is -0.413 e. The van der Waals surface area contributed by atoms with Crippen molar-refractivity contribution < 1.29 is 27.5 Å². The normalized spacial score (nSPS) is 20.3. The van der Waals surface area contributed by atoms with E-state index in [4.69, 9.17) is 4.74 Å². The summed E-state index contributed by atoms with van der Waals surface area (Å²) in [5.41, 5.74) is 0.952. The summed E-state index contributed by atoms with van der Waals surface area (Å²) in [6, 6.07) is 1.83. The first kappa shape index (κ1) is 21.0. The van der Waals surface area contributed by atoms with Gasteiger partial charge in [0.15, 0.2) is 5.78 Å². The van der Waals surface area contributed by atoms with E-state index < -0.39 is 35.6 Å². The molecule has 148 valence electrons. The second-order valence-electron chi connectivity index (χ2n) is 7.53. The maximum absolute atomic E-state index is 13.9. The highest BCUT2D eigenvalue weighted by Crippen LogP contribution is 2.55. The monoisotopic (exact) mass is 383 g/mol. The number of amides is 1. The van der Waals surface area contributed by atoms with E-state index in [1.54, 1.807) is 13.8 Å². The van der Waals surface area contributed by atoms with Gasteiger partial charge in [0.25, 0.3) is 0 Å². The van der Waals surface area contributed by atoms with Crippen LogP contribution in [-0.2, 0) is 9.53 Å². The van der Waals surface area contributed by atoms with Crippen LogP contribution in [0.2, 0.25) is 0 Å². The highest BCUT2D eigenvalue weighted by Gasteiger charge is 2.61. The summed E-state index contributed by atoms with van der Waals surface area (Å²) in [4.78, 5) is 25.8. The lowest BCUT2D eigenvalue weighted by Gasteiger charge is -2.29. The fourth-order valence-electron chi connectivity index (χ4n) is 3.39. The molecule has 0 bridgehead atoms. The number of carbonyl (C=O) groups excluding carboxylic acids is 2. The van der Waals surface area contributed by atoms with Crippen LogP contribution in [0.1, 0.15) is 41.2 Å². The molecule has 0 aliphatic heterocycles. The van der Waals surface area contributed by atoms with Gasteiger partial charge in [-0.15, -0.1) is 0 Å². The third kappa shape index (κ3) is 3.35. The van der Waals surface area contributed by atoms with Gasteiger partial charge in [0.1, 0.15) is 11.2 Å². The van der Waals surface area contributed by atoms with Crippen molar-refractivity contribution in [2.75, 3.05) is 14.1 Å². The van der Waals surface area contributed by atoms with Gasteiger partial charge < -0.3 is 9.64 Å². The number of allylic oxidation sites excluding steroid dienone is 2. The molecule has 0 radical (unpaired) electrons. The Morgan fingerprint density at radius 2 is 1.67 bits per heavy atom. The number of hydrogen-bond donors (Lipinski definition) is 0. The van der Waals surface area contributed by atoms with E-state index in [1.165, 1.54) is 14.1 Å². The number of hydrogen-bond acceptors (Lipinski definition) is 3. The van der Waals surface area contributed by atoms with Crippen LogP contribution in [0.25, 0.3) is 5.57 Å². The van der Waals surface area contributed by atoms with E-state index in [-0.39, 0.29) is 5.57 Å². The Morgan fingerprint density at radius 3 is 2.15 bits per heavy atom. The number of nitrogens with zero attached hydrogens (tertiary/aromatic N) is 1. The zero-order chi connectivity index (χ0) is 20.9. The molecule has 1 amide bonds. The lowest BCUT2D eigenvalue weighted by atomic mass is 9.86. The summed E-state index contributed by atoms with van der Waals surface area (Å²) in [5.74, 6) is -1.29. The molecule has 1 aromatic carbocycles. The van der Waals surface area contributed by atoms with Crippen molar-refractivity contribution in [1.29, 1.82) is 0 Å². The number of rotatable bonds is 2. The maximum Gasteiger partial charge on any atom is 0.414 e. The van der Waals surface area contributed by atoms with E-state index in [0.717, 1.165) is 23.0 Å². The fourth-order valence-corrected chi connectivity index (χ4v) is 3.39. The van der Waals surface area contributed by atoms with Crippen molar-refractivity contribution >= 4 is 17.4 Å². The van der Waals surface area contributed by atoms with Crippen LogP contribution in [0.3, 0.4) is 0 Å². The molecule has 0 saturated heterocycles. The van der Waals surface area contributed by atoms with Crippen LogP contribution in [-0.4, -0.2) is 37.0 Å². The summed E-state index contributed by atoms with van der Waals surface area (Å²) < 4.78 is 46.7. The molecule has 0 N–H and O–H groups in total. The third-order valence-corrected chi connectivity index (χ3v) is 5.31. The molecular formula is C20H24F3NO3. The van der Waals surface area contributed by atoms with Gasteiger partial charge in [0, 0.05) is 20.5 Å². The van der Waals surface area contributed by atoms with Crippen LogP contribution in [0.5, 0.6) is 0 Å². The molecule has 1 aliphatic rings. The van der Waals surface area contributed by atoms with Crippen molar-refractivity contribution in [1.82, 2.24) is 4.90 Å². The number of ketones is 1. The van der Waals surface area contributed by atoms with E-state index in [2.05, 4.69) is 0 Å². The Labute approximate surface area is 157 Å².